The van der Waals surface area contributed by atoms with Crippen LogP contribution in [0.4, 0.5) is 5.13 Å². The van der Waals surface area contributed by atoms with Crippen molar-refractivity contribution in [1.82, 2.24) is 20.1 Å². The van der Waals surface area contributed by atoms with Crippen LogP contribution in [0.3, 0.4) is 0 Å². The molecule has 0 bridgehead atoms. The third kappa shape index (κ3) is 3.71. The summed E-state index contributed by atoms with van der Waals surface area (Å²) in [6, 6.07) is 2.26. The van der Waals surface area contributed by atoms with Crippen molar-refractivity contribution >= 4 is 16.5 Å². The Balaban J connectivity index is 1.92. The number of thiazole rings is 1. The highest BCUT2D eigenvalue weighted by atomic mass is 32.1. The molecule has 0 fully saturated rings. The van der Waals surface area contributed by atoms with Gasteiger partial charge in [0, 0.05) is 39.1 Å². The number of hydrogen-bond acceptors (Lipinski definition) is 6. The van der Waals surface area contributed by atoms with Crippen molar-refractivity contribution < 1.29 is 4.74 Å². The number of methoxy groups -OCH3 is 1. The number of nitrogens with one attached hydrogen (secondary N) is 1. The largest absolute Gasteiger partial charge is 0.480 e. The minimum atomic E-state index is 0.324. The van der Waals surface area contributed by atoms with Gasteiger partial charge < -0.3 is 15.0 Å². The summed E-state index contributed by atoms with van der Waals surface area (Å²) in [7, 11) is 5.62. The quantitative estimate of drug-likeness (QED) is 0.841. The number of hydrogen-bond donors (Lipinski definition) is 1. The highest BCUT2D eigenvalue weighted by Crippen LogP contribution is 2.30. The molecule has 2 aromatic rings. The van der Waals surface area contributed by atoms with Crippen LogP contribution in [-0.2, 0) is 13.1 Å². The van der Waals surface area contributed by atoms with E-state index in [0.717, 1.165) is 23.1 Å². The molecule has 2 heterocycles. The van der Waals surface area contributed by atoms with E-state index < -0.39 is 0 Å². The summed E-state index contributed by atoms with van der Waals surface area (Å²) in [6.07, 6.45) is 3.76. The fourth-order valence-corrected chi connectivity index (χ4v) is 2.71. The van der Waals surface area contributed by atoms with Crippen molar-refractivity contribution in [3.05, 3.63) is 23.3 Å². The smallest absolute Gasteiger partial charge is 0.230 e. The van der Waals surface area contributed by atoms with Crippen molar-refractivity contribution in [2.45, 2.75) is 26.1 Å². The second kappa shape index (κ2) is 6.71. The predicted octanol–water partition coefficient (Wildman–Crippen LogP) is 1.59. The van der Waals surface area contributed by atoms with Gasteiger partial charge in [-0.1, -0.05) is 11.3 Å². The van der Waals surface area contributed by atoms with Gasteiger partial charge >= 0.3 is 0 Å². The lowest BCUT2D eigenvalue weighted by atomic mass is 10.3. The molecule has 0 radical (unpaired) electrons. The molecule has 0 aromatic carbocycles. The third-order valence-electron chi connectivity index (χ3n) is 2.86. The van der Waals surface area contributed by atoms with Crippen LogP contribution < -0.4 is 15.0 Å². The lowest BCUT2D eigenvalue weighted by molar-refractivity contribution is 0.390. The number of aromatic nitrogens is 3. The number of rotatable bonds is 7. The van der Waals surface area contributed by atoms with E-state index in [9.17, 15) is 0 Å². The molecule has 2 aromatic heterocycles. The van der Waals surface area contributed by atoms with Crippen LogP contribution in [0.1, 0.15) is 11.8 Å². The van der Waals surface area contributed by atoms with Gasteiger partial charge in [-0.2, -0.15) is 10.1 Å². The maximum atomic E-state index is 5.33. The van der Waals surface area contributed by atoms with Gasteiger partial charge in [0.1, 0.15) is 0 Å². The van der Waals surface area contributed by atoms with Gasteiger partial charge in [-0.25, -0.2) is 0 Å². The van der Waals surface area contributed by atoms with E-state index in [1.807, 2.05) is 35.9 Å². The van der Waals surface area contributed by atoms with Gasteiger partial charge in [-0.3, -0.25) is 4.68 Å². The lowest BCUT2D eigenvalue weighted by Gasteiger charge is -2.13. The molecule has 1 unspecified atom stereocenters. The first-order valence-electron chi connectivity index (χ1n) is 6.52. The molecule has 0 amide bonds. The van der Waals surface area contributed by atoms with Gasteiger partial charge in [0.2, 0.25) is 5.88 Å². The standard InChI is InChI=1S/C13H21N5OS/c1-10(9-18-7-5-6-15-18)14-8-11-12(19-4)16-13(20-11)17(2)3/h5-7,10,14H,8-9H2,1-4H3. The Hall–Kier alpha value is -1.60. The molecular formula is C13H21N5OS. The van der Waals surface area contributed by atoms with E-state index >= 15 is 0 Å². The second-order valence-electron chi connectivity index (χ2n) is 4.83. The zero-order chi connectivity index (χ0) is 14.5. The molecule has 0 spiro atoms. The highest BCUT2D eigenvalue weighted by Gasteiger charge is 2.14. The molecular weight excluding hydrogens is 274 g/mol. The number of anilines is 1. The van der Waals surface area contributed by atoms with Crippen molar-refractivity contribution in [2.75, 3.05) is 26.1 Å². The van der Waals surface area contributed by atoms with Crippen LogP contribution in [0, 0.1) is 0 Å². The van der Waals surface area contributed by atoms with Gasteiger partial charge in [0.15, 0.2) is 5.13 Å². The fraction of sp³-hybridized carbons (Fsp3) is 0.538. The summed E-state index contributed by atoms with van der Waals surface area (Å²) in [5.41, 5.74) is 0. The van der Waals surface area contributed by atoms with Crippen LogP contribution >= 0.6 is 11.3 Å². The molecule has 110 valence electrons. The van der Waals surface area contributed by atoms with Crippen LogP contribution in [0.25, 0.3) is 0 Å². The molecule has 1 atom stereocenters. The molecule has 2 rings (SSSR count). The van der Waals surface area contributed by atoms with E-state index in [1.54, 1.807) is 24.6 Å². The Bertz CT molecular complexity index is 523. The van der Waals surface area contributed by atoms with E-state index in [-0.39, 0.29) is 0 Å². The first kappa shape index (κ1) is 14.8. The minimum Gasteiger partial charge on any atom is -0.480 e. The van der Waals surface area contributed by atoms with Gasteiger partial charge in [-0.15, -0.1) is 0 Å². The maximum absolute atomic E-state index is 5.33. The molecule has 7 heteroatoms. The molecule has 6 nitrogen and oxygen atoms in total. The minimum absolute atomic E-state index is 0.324. The zero-order valence-electron chi connectivity index (χ0n) is 12.3. The fourth-order valence-electron chi connectivity index (χ4n) is 1.81. The summed E-state index contributed by atoms with van der Waals surface area (Å²) in [6.45, 7) is 3.73. The Labute approximate surface area is 123 Å². The molecule has 0 aliphatic heterocycles. The molecule has 0 saturated carbocycles. The van der Waals surface area contributed by atoms with Gasteiger partial charge in [0.25, 0.3) is 0 Å². The number of nitrogens with zero attached hydrogens (tertiary/aromatic N) is 4. The van der Waals surface area contributed by atoms with E-state index in [0.29, 0.717) is 11.9 Å². The van der Waals surface area contributed by atoms with Crippen LogP contribution in [0.15, 0.2) is 18.5 Å². The van der Waals surface area contributed by atoms with Crippen molar-refractivity contribution in [3.63, 3.8) is 0 Å². The van der Waals surface area contributed by atoms with E-state index in [1.165, 1.54) is 0 Å². The monoisotopic (exact) mass is 295 g/mol. The SMILES string of the molecule is COc1nc(N(C)C)sc1CNC(C)Cn1cccn1. The van der Waals surface area contributed by atoms with Crippen LogP contribution in [0.5, 0.6) is 5.88 Å². The van der Waals surface area contributed by atoms with Crippen molar-refractivity contribution in [3.8, 4) is 5.88 Å². The predicted molar refractivity (Wildman–Crippen MR) is 81.5 cm³/mol. The molecule has 0 aliphatic rings. The van der Waals surface area contributed by atoms with Crippen LogP contribution in [-0.4, -0.2) is 42.0 Å². The van der Waals surface area contributed by atoms with E-state index in [4.69, 9.17) is 4.74 Å². The van der Waals surface area contributed by atoms with Gasteiger partial charge in [-0.05, 0) is 13.0 Å². The maximum Gasteiger partial charge on any atom is 0.230 e. The second-order valence-corrected chi connectivity index (χ2v) is 5.90. The summed E-state index contributed by atoms with van der Waals surface area (Å²) >= 11 is 1.65. The summed E-state index contributed by atoms with van der Waals surface area (Å²) in [4.78, 5) is 7.55. The molecule has 1 N–H and O–H groups in total. The average molecular weight is 295 g/mol. The summed E-state index contributed by atoms with van der Waals surface area (Å²) in [5, 5.41) is 8.64. The Kier molecular flexibility index (Phi) is 4.97. The van der Waals surface area contributed by atoms with Crippen molar-refractivity contribution in [1.29, 1.82) is 0 Å². The van der Waals surface area contributed by atoms with Crippen LogP contribution in [0.2, 0.25) is 0 Å². The van der Waals surface area contributed by atoms with Gasteiger partial charge in [0.05, 0.1) is 18.5 Å². The Morgan fingerprint density at radius 3 is 2.90 bits per heavy atom. The third-order valence-corrected chi connectivity index (χ3v) is 4.06. The van der Waals surface area contributed by atoms with Crippen molar-refractivity contribution in [2.24, 2.45) is 0 Å². The van der Waals surface area contributed by atoms with E-state index in [2.05, 4.69) is 22.3 Å². The first-order chi connectivity index (χ1) is 9.60. The topological polar surface area (TPSA) is 55.2 Å². The molecule has 0 aliphatic carbocycles. The lowest BCUT2D eigenvalue weighted by Crippen LogP contribution is -2.30. The molecule has 0 saturated heterocycles. The average Bonchev–Trinajstić information content (AvgIpc) is 3.04. The Morgan fingerprint density at radius 1 is 1.50 bits per heavy atom. The normalized spacial score (nSPS) is 12.4. The Morgan fingerprint density at radius 2 is 2.30 bits per heavy atom. The first-order valence-corrected chi connectivity index (χ1v) is 7.33. The zero-order valence-corrected chi connectivity index (χ0v) is 13.1. The summed E-state index contributed by atoms with van der Waals surface area (Å²) < 4.78 is 7.25. The summed E-state index contributed by atoms with van der Waals surface area (Å²) in [5.74, 6) is 0.706. The number of ether oxygens (including phenoxy) is 1. The molecule has 20 heavy (non-hydrogen) atoms. The highest BCUT2D eigenvalue weighted by molar-refractivity contribution is 7.15.